The molecule has 1 N–H and O–H groups in total. The molecule has 0 aliphatic rings. The Morgan fingerprint density at radius 3 is 2.84 bits per heavy atom. The van der Waals surface area contributed by atoms with Crippen LogP contribution < -0.4 is 5.32 Å². The lowest BCUT2D eigenvalue weighted by Gasteiger charge is -2.11. The van der Waals surface area contributed by atoms with Crippen LogP contribution in [0.2, 0.25) is 5.02 Å². The normalized spacial score (nSPS) is 12.4. The quantitative estimate of drug-likeness (QED) is 0.935. The van der Waals surface area contributed by atoms with Gasteiger partial charge >= 0.3 is 0 Å². The number of nitrogens with one attached hydrogen (secondary N) is 1. The van der Waals surface area contributed by atoms with Gasteiger partial charge in [-0.15, -0.1) is 0 Å². The van der Waals surface area contributed by atoms with Gasteiger partial charge in [-0.2, -0.15) is 5.10 Å². The van der Waals surface area contributed by atoms with E-state index in [2.05, 4.69) is 15.6 Å². The van der Waals surface area contributed by atoms with Crippen molar-refractivity contribution in [3.05, 3.63) is 28.9 Å². The highest BCUT2D eigenvalue weighted by molar-refractivity contribution is 6.30. The Bertz CT molecular complexity index is 571. The van der Waals surface area contributed by atoms with Crippen molar-refractivity contribution in [3.63, 3.8) is 0 Å². The molecule has 1 unspecified atom stereocenters. The van der Waals surface area contributed by atoms with E-state index in [9.17, 15) is 4.79 Å². The maximum absolute atomic E-state index is 12.1. The molecule has 1 amide bonds. The third-order valence-corrected chi connectivity index (χ3v) is 2.99. The van der Waals surface area contributed by atoms with E-state index in [-0.39, 0.29) is 11.8 Å². The molecule has 102 valence electrons. The Morgan fingerprint density at radius 1 is 1.58 bits per heavy atom. The Balaban J connectivity index is 2.00. The van der Waals surface area contributed by atoms with Crippen LogP contribution in [-0.2, 0) is 11.3 Å². The number of nitrogens with zero attached hydrogens (tertiary/aromatic N) is 3. The van der Waals surface area contributed by atoms with E-state index in [1.54, 1.807) is 30.9 Å². The van der Waals surface area contributed by atoms with Crippen molar-refractivity contribution in [1.29, 1.82) is 0 Å². The number of aromatic nitrogens is 3. The SMILES string of the molecule is Cc1noc(C)c1NC(=O)C(C)Cn1cc(Cl)cn1. The molecule has 0 bridgehead atoms. The van der Waals surface area contributed by atoms with Crippen molar-refractivity contribution < 1.29 is 9.32 Å². The molecular formula is C12H15ClN4O2. The summed E-state index contributed by atoms with van der Waals surface area (Å²) < 4.78 is 6.64. The van der Waals surface area contributed by atoms with Crippen molar-refractivity contribution in [2.45, 2.75) is 27.3 Å². The monoisotopic (exact) mass is 282 g/mol. The first-order valence-electron chi connectivity index (χ1n) is 5.89. The number of anilines is 1. The Morgan fingerprint density at radius 2 is 2.32 bits per heavy atom. The van der Waals surface area contributed by atoms with E-state index in [0.29, 0.717) is 28.7 Å². The van der Waals surface area contributed by atoms with Crippen LogP contribution in [-0.4, -0.2) is 20.8 Å². The van der Waals surface area contributed by atoms with Crippen molar-refractivity contribution in [3.8, 4) is 0 Å². The van der Waals surface area contributed by atoms with E-state index in [1.807, 2.05) is 6.92 Å². The Kier molecular flexibility index (Phi) is 3.90. The molecule has 19 heavy (non-hydrogen) atoms. The second-order valence-corrected chi connectivity index (χ2v) is 4.91. The van der Waals surface area contributed by atoms with Crippen LogP contribution in [0.5, 0.6) is 0 Å². The first kappa shape index (κ1) is 13.6. The van der Waals surface area contributed by atoms with E-state index in [4.69, 9.17) is 16.1 Å². The average Bonchev–Trinajstić information content (AvgIpc) is 2.89. The Hall–Kier alpha value is -1.82. The van der Waals surface area contributed by atoms with E-state index in [0.717, 1.165) is 0 Å². The van der Waals surface area contributed by atoms with Crippen molar-refractivity contribution in [2.75, 3.05) is 5.32 Å². The second-order valence-electron chi connectivity index (χ2n) is 4.47. The molecule has 0 spiro atoms. The molecule has 7 heteroatoms. The van der Waals surface area contributed by atoms with Crippen molar-refractivity contribution >= 4 is 23.2 Å². The molecule has 0 aliphatic carbocycles. The molecule has 2 heterocycles. The fraction of sp³-hybridized carbons (Fsp3) is 0.417. The lowest BCUT2D eigenvalue weighted by Crippen LogP contribution is -2.25. The molecule has 2 rings (SSSR count). The first-order chi connectivity index (χ1) is 8.97. The summed E-state index contributed by atoms with van der Waals surface area (Å²) in [5.41, 5.74) is 1.30. The standard InChI is InChI=1S/C12H15ClN4O2/c1-7(5-17-6-10(13)4-14-17)12(18)15-11-8(2)16-19-9(11)3/h4,6-7H,5H2,1-3H3,(H,15,18). The fourth-order valence-electron chi connectivity index (χ4n) is 1.71. The number of carbonyl (C=O) groups is 1. The number of hydrogen-bond acceptors (Lipinski definition) is 4. The molecule has 0 saturated carbocycles. The van der Waals surface area contributed by atoms with Crippen molar-refractivity contribution in [2.24, 2.45) is 5.92 Å². The van der Waals surface area contributed by atoms with Crippen LogP contribution >= 0.6 is 11.6 Å². The van der Waals surface area contributed by atoms with Crippen LogP contribution in [0, 0.1) is 19.8 Å². The zero-order chi connectivity index (χ0) is 14.0. The van der Waals surface area contributed by atoms with Gasteiger partial charge in [0.25, 0.3) is 0 Å². The molecule has 0 aliphatic heterocycles. The van der Waals surface area contributed by atoms with Crippen LogP contribution in [0.4, 0.5) is 5.69 Å². The van der Waals surface area contributed by atoms with Gasteiger partial charge in [0.1, 0.15) is 11.4 Å². The van der Waals surface area contributed by atoms with Crippen LogP contribution in [0.15, 0.2) is 16.9 Å². The lowest BCUT2D eigenvalue weighted by atomic mass is 10.1. The fourth-order valence-corrected chi connectivity index (χ4v) is 1.87. The first-order valence-corrected chi connectivity index (χ1v) is 6.27. The second kappa shape index (κ2) is 5.44. The summed E-state index contributed by atoms with van der Waals surface area (Å²) in [6.07, 6.45) is 3.22. The zero-order valence-corrected chi connectivity index (χ0v) is 11.7. The van der Waals surface area contributed by atoms with E-state index < -0.39 is 0 Å². The van der Waals surface area contributed by atoms with Crippen molar-refractivity contribution in [1.82, 2.24) is 14.9 Å². The van der Waals surface area contributed by atoms with Gasteiger partial charge in [-0.3, -0.25) is 9.48 Å². The third kappa shape index (κ3) is 3.14. The van der Waals surface area contributed by atoms with E-state index >= 15 is 0 Å². The highest BCUT2D eigenvalue weighted by atomic mass is 35.5. The van der Waals surface area contributed by atoms with Gasteiger partial charge in [-0.05, 0) is 13.8 Å². The van der Waals surface area contributed by atoms with Gasteiger partial charge in [0.15, 0.2) is 5.76 Å². The molecule has 1 atom stereocenters. The molecule has 0 fully saturated rings. The minimum atomic E-state index is -0.246. The summed E-state index contributed by atoms with van der Waals surface area (Å²) in [6.45, 7) is 5.82. The van der Waals surface area contributed by atoms with Gasteiger partial charge in [0.2, 0.25) is 5.91 Å². The maximum atomic E-state index is 12.1. The Labute approximate surface area is 115 Å². The molecule has 2 aromatic heterocycles. The highest BCUT2D eigenvalue weighted by Gasteiger charge is 2.18. The van der Waals surface area contributed by atoms with Crippen LogP contribution in [0.3, 0.4) is 0 Å². The summed E-state index contributed by atoms with van der Waals surface area (Å²) in [5, 5.41) is 11.2. The minimum Gasteiger partial charge on any atom is -0.359 e. The maximum Gasteiger partial charge on any atom is 0.229 e. The molecule has 0 radical (unpaired) electrons. The number of carbonyl (C=O) groups excluding carboxylic acids is 1. The predicted molar refractivity (Wildman–Crippen MR) is 71.0 cm³/mol. The third-order valence-electron chi connectivity index (χ3n) is 2.79. The molecule has 0 saturated heterocycles. The van der Waals surface area contributed by atoms with Crippen LogP contribution in [0.1, 0.15) is 18.4 Å². The number of rotatable bonds is 4. The summed E-state index contributed by atoms with van der Waals surface area (Å²) in [6, 6.07) is 0. The topological polar surface area (TPSA) is 73.0 Å². The molecule has 6 nitrogen and oxygen atoms in total. The largest absolute Gasteiger partial charge is 0.359 e. The average molecular weight is 283 g/mol. The number of halogens is 1. The smallest absolute Gasteiger partial charge is 0.229 e. The van der Waals surface area contributed by atoms with E-state index in [1.165, 1.54) is 0 Å². The highest BCUT2D eigenvalue weighted by Crippen LogP contribution is 2.19. The van der Waals surface area contributed by atoms with Gasteiger partial charge in [0.05, 0.1) is 23.7 Å². The predicted octanol–water partition coefficient (Wildman–Crippen LogP) is 2.42. The van der Waals surface area contributed by atoms with Gasteiger partial charge in [-0.1, -0.05) is 23.7 Å². The number of hydrogen-bond donors (Lipinski definition) is 1. The summed E-state index contributed by atoms with van der Waals surface area (Å²) >= 11 is 5.78. The van der Waals surface area contributed by atoms with Gasteiger partial charge in [0, 0.05) is 6.20 Å². The molecule has 0 aromatic carbocycles. The molecular weight excluding hydrogens is 268 g/mol. The van der Waals surface area contributed by atoms with Crippen LogP contribution in [0.25, 0.3) is 0 Å². The molecule has 2 aromatic rings. The number of amides is 1. The van der Waals surface area contributed by atoms with Gasteiger partial charge < -0.3 is 9.84 Å². The minimum absolute atomic E-state index is 0.110. The summed E-state index contributed by atoms with van der Waals surface area (Å²) in [7, 11) is 0. The summed E-state index contributed by atoms with van der Waals surface area (Å²) in [5.74, 6) is 0.242. The zero-order valence-electron chi connectivity index (χ0n) is 11.0. The van der Waals surface area contributed by atoms with Gasteiger partial charge in [-0.25, -0.2) is 0 Å². The number of aryl methyl sites for hydroxylation is 2. The summed E-state index contributed by atoms with van der Waals surface area (Å²) in [4.78, 5) is 12.1. The lowest BCUT2D eigenvalue weighted by molar-refractivity contribution is -0.119.